The molecule has 20 heavy (non-hydrogen) atoms. The first-order valence-electron chi connectivity index (χ1n) is 8.00. The summed E-state index contributed by atoms with van der Waals surface area (Å²) in [5.41, 5.74) is 1.38. The molecule has 1 aliphatic heterocycles. The van der Waals surface area contributed by atoms with E-state index in [0.717, 1.165) is 38.4 Å². The highest BCUT2D eigenvalue weighted by atomic mass is 16.5. The number of nitrogens with one attached hydrogen (secondary N) is 1. The Balaban J connectivity index is 1.89. The third-order valence-corrected chi connectivity index (χ3v) is 3.98. The van der Waals surface area contributed by atoms with Gasteiger partial charge in [0.1, 0.15) is 5.75 Å². The van der Waals surface area contributed by atoms with Gasteiger partial charge in [-0.2, -0.15) is 0 Å². The highest BCUT2D eigenvalue weighted by Gasteiger charge is 2.19. The van der Waals surface area contributed by atoms with E-state index in [2.05, 4.69) is 48.3 Å². The third kappa shape index (κ3) is 4.50. The molecule has 0 aliphatic carbocycles. The van der Waals surface area contributed by atoms with Gasteiger partial charge in [-0.1, -0.05) is 26.0 Å². The summed E-state index contributed by atoms with van der Waals surface area (Å²) >= 11 is 0. The van der Waals surface area contributed by atoms with Gasteiger partial charge in [-0.15, -0.1) is 0 Å². The number of ether oxygens (including phenoxy) is 1. The van der Waals surface area contributed by atoms with Crippen LogP contribution in [-0.2, 0) is 6.54 Å². The lowest BCUT2D eigenvalue weighted by Crippen LogP contribution is -2.45. The van der Waals surface area contributed by atoms with Crippen LogP contribution in [-0.4, -0.2) is 37.2 Å². The Kier molecular flexibility index (Phi) is 6.34. The van der Waals surface area contributed by atoms with Gasteiger partial charge in [0, 0.05) is 19.1 Å². The molecule has 1 N–H and O–H groups in total. The van der Waals surface area contributed by atoms with E-state index in [4.69, 9.17) is 4.74 Å². The molecule has 3 nitrogen and oxygen atoms in total. The topological polar surface area (TPSA) is 24.5 Å². The maximum atomic E-state index is 5.63. The number of hydrogen-bond acceptors (Lipinski definition) is 3. The first-order chi connectivity index (χ1) is 9.83. The number of benzene rings is 1. The molecule has 1 fully saturated rings. The van der Waals surface area contributed by atoms with Gasteiger partial charge in [0.25, 0.3) is 0 Å². The van der Waals surface area contributed by atoms with E-state index in [1.165, 1.54) is 24.9 Å². The molecular formula is C17H28N2O. The molecule has 1 heterocycles. The fourth-order valence-corrected chi connectivity index (χ4v) is 2.79. The van der Waals surface area contributed by atoms with E-state index in [-0.39, 0.29) is 0 Å². The number of rotatable bonds is 7. The van der Waals surface area contributed by atoms with Crippen LogP contribution in [0, 0.1) is 0 Å². The van der Waals surface area contributed by atoms with Crippen LogP contribution < -0.4 is 10.1 Å². The van der Waals surface area contributed by atoms with E-state index in [0.29, 0.717) is 6.04 Å². The molecule has 0 spiro atoms. The van der Waals surface area contributed by atoms with E-state index in [1.807, 2.05) is 0 Å². The van der Waals surface area contributed by atoms with Gasteiger partial charge in [0.15, 0.2) is 0 Å². The quantitative estimate of drug-likeness (QED) is 0.828. The zero-order chi connectivity index (χ0) is 14.2. The van der Waals surface area contributed by atoms with Crippen LogP contribution in [0.1, 0.15) is 38.7 Å². The Morgan fingerprint density at radius 2 is 2.05 bits per heavy atom. The summed E-state index contributed by atoms with van der Waals surface area (Å²) in [5, 5.41) is 3.51. The molecule has 0 aromatic heterocycles. The predicted molar refractivity (Wildman–Crippen MR) is 84.2 cm³/mol. The molecule has 1 saturated heterocycles. The Hall–Kier alpha value is -1.06. The minimum Gasteiger partial charge on any atom is -0.494 e. The predicted octanol–water partition coefficient (Wildman–Crippen LogP) is 3.05. The summed E-state index contributed by atoms with van der Waals surface area (Å²) < 4.78 is 5.63. The van der Waals surface area contributed by atoms with E-state index in [9.17, 15) is 0 Å². The van der Waals surface area contributed by atoms with E-state index < -0.39 is 0 Å². The van der Waals surface area contributed by atoms with Crippen molar-refractivity contribution in [2.45, 2.75) is 45.7 Å². The zero-order valence-electron chi connectivity index (χ0n) is 12.9. The molecule has 1 aromatic rings. The first kappa shape index (κ1) is 15.3. The van der Waals surface area contributed by atoms with Crippen molar-refractivity contribution in [1.29, 1.82) is 0 Å². The summed E-state index contributed by atoms with van der Waals surface area (Å²) in [4.78, 5) is 2.58. The average molecular weight is 276 g/mol. The minimum atomic E-state index is 0.685. The third-order valence-electron chi connectivity index (χ3n) is 3.98. The molecule has 2 rings (SSSR count). The van der Waals surface area contributed by atoms with Crippen molar-refractivity contribution < 1.29 is 4.74 Å². The van der Waals surface area contributed by atoms with Crippen LogP contribution in [0.2, 0.25) is 0 Å². The van der Waals surface area contributed by atoms with Crippen LogP contribution in [0.3, 0.4) is 0 Å². The standard InChI is InChI=1S/C17H28N2O/c1-3-12-20-17-9-7-15(8-10-17)14-19(4-2)16-6-5-11-18-13-16/h7-10,16,18H,3-6,11-14H2,1-2H3. The van der Waals surface area contributed by atoms with Crippen molar-refractivity contribution in [2.75, 3.05) is 26.2 Å². The van der Waals surface area contributed by atoms with Crippen molar-refractivity contribution in [1.82, 2.24) is 10.2 Å². The van der Waals surface area contributed by atoms with Crippen molar-refractivity contribution in [3.8, 4) is 5.75 Å². The minimum absolute atomic E-state index is 0.685. The van der Waals surface area contributed by atoms with Gasteiger partial charge in [0.05, 0.1) is 6.61 Å². The van der Waals surface area contributed by atoms with Crippen molar-refractivity contribution in [3.05, 3.63) is 29.8 Å². The fraction of sp³-hybridized carbons (Fsp3) is 0.647. The van der Waals surface area contributed by atoms with Crippen LogP contribution in [0.25, 0.3) is 0 Å². The second-order valence-electron chi connectivity index (χ2n) is 5.56. The lowest BCUT2D eigenvalue weighted by molar-refractivity contribution is 0.166. The van der Waals surface area contributed by atoms with Crippen LogP contribution in [0.4, 0.5) is 0 Å². The second-order valence-corrected chi connectivity index (χ2v) is 5.56. The summed E-state index contributed by atoms with van der Waals surface area (Å²) in [6.45, 7) is 9.65. The van der Waals surface area contributed by atoms with Crippen LogP contribution in [0.15, 0.2) is 24.3 Å². The largest absolute Gasteiger partial charge is 0.494 e. The van der Waals surface area contributed by atoms with Gasteiger partial charge >= 0.3 is 0 Å². The summed E-state index contributed by atoms with van der Waals surface area (Å²) in [7, 11) is 0. The SMILES string of the molecule is CCCOc1ccc(CN(CC)C2CCCNC2)cc1. The zero-order valence-corrected chi connectivity index (χ0v) is 12.9. The monoisotopic (exact) mass is 276 g/mol. The maximum absolute atomic E-state index is 5.63. The molecule has 1 unspecified atom stereocenters. The van der Waals surface area contributed by atoms with E-state index in [1.54, 1.807) is 0 Å². The Bertz CT molecular complexity index is 371. The number of likely N-dealkylation sites (N-methyl/N-ethyl adjacent to an activating group) is 1. The lowest BCUT2D eigenvalue weighted by atomic mass is 10.0. The number of piperidine rings is 1. The summed E-state index contributed by atoms with van der Waals surface area (Å²) in [6, 6.07) is 9.27. The molecular weight excluding hydrogens is 248 g/mol. The van der Waals surface area contributed by atoms with Gasteiger partial charge in [-0.05, 0) is 50.0 Å². The van der Waals surface area contributed by atoms with Gasteiger partial charge in [-0.3, -0.25) is 4.90 Å². The smallest absolute Gasteiger partial charge is 0.119 e. The Morgan fingerprint density at radius 3 is 2.65 bits per heavy atom. The van der Waals surface area contributed by atoms with Crippen molar-refractivity contribution in [2.24, 2.45) is 0 Å². The number of hydrogen-bond donors (Lipinski definition) is 1. The van der Waals surface area contributed by atoms with Gasteiger partial charge < -0.3 is 10.1 Å². The lowest BCUT2D eigenvalue weighted by Gasteiger charge is -2.34. The fourth-order valence-electron chi connectivity index (χ4n) is 2.79. The normalized spacial score (nSPS) is 19.2. The van der Waals surface area contributed by atoms with Crippen molar-refractivity contribution in [3.63, 3.8) is 0 Å². The number of nitrogens with zero attached hydrogens (tertiary/aromatic N) is 1. The summed E-state index contributed by atoms with van der Waals surface area (Å²) in [5.74, 6) is 0.984. The molecule has 0 radical (unpaired) electrons. The van der Waals surface area contributed by atoms with E-state index >= 15 is 0 Å². The highest BCUT2D eigenvalue weighted by Crippen LogP contribution is 2.17. The average Bonchev–Trinajstić information content (AvgIpc) is 2.52. The molecule has 0 bridgehead atoms. The molecule has 1 aromatic carbocycles. The second kappa shape index (κ2) is 8.28. The first-order valence-corrected chi connectivity index (χ1v) is 8.00. The summed E-state index contributed by atoms with van der Waals surface area (Å²) in [6.07, 6.45) is 3.67. The molecule has 1 aliphatic rings. The molecule has 112 valence electrons. The van der Waals surface area contributed by atoms with Crippen LogP contribution in [0.5, 0.6) is 5.75 Å². The Labute approximate surface area is 123 Å². The molecule has 0 saturated carbocycles. The van der Waals surface area contributed by atoms with Crippen LogP contribution >= 0.6 is 0 Å². The highest BCUT2D eigenvalue weighted by molar-refractivity contribution is 5.27. The molecule has 0 amide bonds. The molecule has 3 heteroatoms. The van der Waals surface area contributed by atoms with Gasteiger partial charge in [-0.25, -0.2) is 0 Å². The maximum Gasteiger partial charge on any atom is 0.119 e. The Morgan fingerprint density at radius 1 is 1.25 bits per heavy atom. The molecule has 1 atom stereocenters. The van der Waals surface area contributed by atoms with Gasteiger partial charge in [0.2, 0.25) is 0 Å². The van der Waals surface area contributed by atoms with Crippen molar-refractivity contribution >= 4 is 0 Å².